The highest BCUT2D eigenvalue weighted by Crippen LogP contribution is 2.28. The molecule has 1 atom stereocenters. The van der Waals surface area contributed by atoms with Gasteiger partial charge in [0, 0.05) is 25.7 Å². The van der Waals surface area contributed by atoms with Crippen LogP contribution in [0, 0.1) is 0 Å². The van der Waals surface area contributed by atoms with Gasteiger partial charge in [-0.25, -0.2) is 4.68 Å². The van der Waals surface area contributed by atoms with Gasteiger partial charge < -0.3 is 14.8 Å². The number of carbonyl (C=O) groups is 1. The van der Waals surface area contributed by atoms with Crippen molar-refractivity contribution < 1.29 is 14.3 Å². The molecule has 32 heavy (non-hydrogen) atoms. The van der Waals surface area contributed by atoms with Gasteiger partial charge in [0.25, 0.3) is 0 Å². The van der Waals surface area contributed by atoms with Crippen molar-refractivity contribution in [2.45, 2.75) is 31.5 Å². The molecule has 2 aromatic carbocycles. The first kappa shape index (κ1) is 21.8. The van der Waals surface area contributed by atoms with E-state index < -0.39 is 6.04 Å². The molecule has 1 fully saturated rings. The molecule has 9 heteroatoms. The van der Waals surface area contributed by atoms with Crippen molar-refractivity contribution in [2.75, 3.05) is 27.3 Å². The zero-order valence-corrected chi connectivity index (χ0v) is 18.3. The maximum atomic E-state index is 13.1. The average molecular weight is 437 g/mol. The molecular weight excluding hydrogens is 408 g/mol. The summed E-state index contributed by atoms with van der Waals surface area (Å²) < 4.78 is 12.2. The molecule has 1 amide bonds. The number of nitrogens with zero attached hydrogens (tertiary/aromatic N) is 5. The summed E-state index contributed by atoms with van der Waals surface area (Å²) >= 11 is 0. The third kappa shape index (κ3) is 5.05. The van der Waals surface area contributed by atoms with Gasteiger partial charge in [-0.3, -0.25) is 9.69 Å². The summed E-state index contributed by atoms with van der Waals surface area (Å²) in [6.07, 6.45) is 3.25. The first-order chi connectivity index (χ1) is 15.7. The molecule has 0 aliphatic carbocycles. The SMILES string of the molecule is COc1ccc(CN2CCC(NC(=O)[C@@H](c3ccccc3)n3cnnn3)CC2)cc1OC. The van der Waals surface area contributed by atoms with E-state index in [9.17, 15) is 4.79 Å². The first-order valence-corrected chi connectivity index (χ1v) is 10.7. The first-order valence-electron chi connectivity index (χ1n) is 10.7. The summed E-state index contributed by atoms with van der Waals surface area (Å²) in [7, 11) is 3.28. The standard InChI is InChI=1S/C23H28N6O3/c1-31-20-9-8-17(14-21(20)32-2)15-28-12-10-19(11-13-28)25-23(30)22(29-16-24-26-27-29)18-6-4-3-5-7-18/h3-9,14,16,19,22H,10-13,15H2,1-2H3,(H,25,30)/t22-/m1/s1. The number of nitrogens with one attached hydrogen (secondary N) is 1. The van der Waals surface area contributed by atoms with Crippen LogP contribution in [0.2, 0.25) is 0 Å². The van der Waals surface area contributed by atoms with E-state index in [-0.39, 0.29) is 11.9 Å². The molecule has 0 radical (unpaired) electrons. The Hall–Kier alpha value is -3.46. The van der Waals surface area contributed by atoms with E-state index in [0.29, 0.717) is 0 Å². The van der Waals surface area contributed by atoms with E-state index in [1.165, 1.54) is 16.6 Å². The second-order valence-electron chi connectivity index (χ2n) is 7.85. The minimum atomic E-state index is -0.587. The molecule has 2 heterocycles. The Labute approximate surface area is 187 Å². The zero-order valence-electron chi connectivity index (χ0n) is 18.3. The van der Waals surface area contributed by atoms with Gasteiger partial charge >= 0.3 is 0 Å². The summed E-state index contributed by atoms with van der Waals surface area (Å²) in [5.41, 5.74) is 2.02. The molecular formula is C23H28N6O3. The second-order valence-corrected chi connectivity index (χ2v) is 7.85. The number of benzene rings is 2. The fraction of sp³-hybridized carbons (Fsp3) is 0.391. The molecule has 0 spiro atoms. The Morgan fingerprint density at radius 1 is 1.09 bits per heavy atom. The van der Waals surface area contributed by atoms with E-state index in [0.717, 1.165) is 49.5 Å². The Balaban J connectivity index is 1.35. The summed E-state index contributed by atoms with van der Waals surface area (Å²) in [6.45, 7) is 2.64. The molecule has 9 nitrogen and oxygen atoms in total. The largest absolute Gasteiger partial charge is 0.493 e. The molecule has 1 aliphatic heterocycles. The summed E-state index contributed by atoms with van der Waals surface area (Å²) in [5.74, 6) is 1.37. The van der Waals surface area contributed by atoms with Gasteiger partial charge in [-0.15, -0.1) is 5.10 Å². The molecule has 3 aromatic rings. The molecule has 1 N–H and O–H groups in total. The van der Waals surface area contributed by atoms with Crippen molar-refractivity contribution in [2.24, 2.45) is 0 Å². The van der Waals surface area contributed by atoms with Gasteiger partial charge in [-0.05, 0) is 46.5 Å². The van der Waals surface area contributed by atoms with Crippen molar-refractivity contribution in [3.63, 3.8) is 0 Å². The lowest BCUT2D eigenvalue weighted by Crippen LogP contribution is -2.46. The highest BCUT2D eigenvalue weighted by molar-refractivity contribution is 5.83. The number of aromatic nitrogens is 4. The number of ether oxygens (including phenoxy) is 2. The second kappa shape index (κ2) is 10.2. The quantitative estimate of drug-likeness (QED) is 0.578. The van der Waals surface area contributed by atoms with Crippen LogP contribution in [0.15, 0.2) is 54.9 Å². The number of piperidine rings is 1. The minimum Gasteiger partial charge on any atom is -0.493 e. The molecule has 1 aromatic heterocycles. The lowest BCUT2D eigenvalue weighted by Gasteiger charge is -2.33. The van der Waals surface area contributed by atoms with Crippen molar-refractivity contribution in [1.82, 2.24) is 30.4 Å². The number of carbonyl (C=O) groups excluding carboxylic acids is 1. The topological polar surface area (TPSA) is 94.4 Å². The van der Waals surface area contributed by atoms with Gasteiger partial charge in [0.05, 0.1) is 14.2 Å². The molecule has 168 valence electrons. The average Bonchev–Trinajstić information content (AvgIpc) is 3.35. The van der Waals surface area contributed by atoms with Gasteiger partial charge in [0.2, 0.25) is 5.91 Å². The van der Waals surface area contributed by atoms with Gasteiger partial charge in [0.1, 0.15) is 6.33 Å². The van der Waals surface area contributed by atoms with Crippen LogP contribution < -0.4 is 14.8 Å². The summed E-state index contributed by atoms with van der Waals surface area (Å²) in [5, 5.41) is 14.6. The van der Waals surface area contributed by atoms with Crippen LogP contribution in [0.5, 0.6) is 11.5 Å². The highest BCUT2D eigenvalue weighted by atomic mass is 16.5. The number of methoxy groups -OCH3 is 2. The predicted octanol–water partition coefficient (Wildman–Crippen LogP) is 2.06. The molecule has 1 saturated heterocycles. The molecule has 4 rings (SSSR count). The Morgan fingerprint density at radius 3 is 2.50 bits per heavy atom. The van der Waals surface area contributed by atoms with Crippen LogP contribution >= 0.6 is 0 Å². The van der Waals surface area contributed by atoms with E-state index in [2.05, 4.69) is 31.8 Å². The normalized spacial score (nSPS) is 15.8. The van der Waals surface area contributed by atoms with Gasteiger partial charge in [0.15, 0.2) is 17.5 Å². The predicted molar refractivity (Wildman–Crippen MR) is 118 cm³/mol. The van der Waals surface area contributed by atoms with Crippen LogP contribution in [0.4, 0.5) is 0 Å². The molecule has 1 aliphatic rings. The van der Waals surface area contributed by atoms with Crippen LogP contribution in [0.3, 0.4) is 0 Å². The van der Waals surface area contributed by atoms with E-state index in [1.807, 2.05) is 42.5 Å². The van der Waals surface area contributed by atoms with Crippen LogP contribution in [0.25, 0.3) is 0 Å². The molecule has 0 bridgehead atoms. The maximum Gasteiger partial charge on any atom is 0.249 e. The Kier molecular flexibility index (Phi) is 6.96. The van der Waals surface area contributed by atoms with Crippen LogP contribution in [-0.2, 0) is 11.3 Å². The zero-order chi connectivity index (χ0) is 22.3. The monoisotopic (exact) mass is 436 g/mol. The summed E-state index contributed by atoms with van der Waals surface area (Å²) in [4.78, 5) is 15.5. The maximum absolute atomic E-state index is 13.1. The lowest BCUT2D eigenvalue weighted by molar-refractivity contribution is -0.124. The Morgan fingerprint density at radius 2 is 1.84 bits per heavy atom. The van der Waals surface area contributed by atoms with Crippen molar-refractivity contribution >= 4 is 5.91 Å². The number of likely N-dealkylation sites (tertiary alicyclic amines) is 1. The van der Waals surface area contributed by atoms with Crippen molar-refractivity contribution in [1.29, 1.82) is 0 Å². The van der Waals surface area contributed by atoms with Gasteiger partial charge in [-0.1, -0.05) is 36.4 Å². The van der Waals surface area contributed by atoms with E-state index >= 15 is 0 Å². The fourth-order valence-corrected chi connectivity index (χ4v) is 4.10. The van der Waals surface area contributed by atoms with E-state index in [4.69, 9.17) is 9.47 Å². The smallest absolute Gasteiger partial charge is 0.249 e. The number of amides is 1. The molecule has 0 unspecified atom stereocenters. The lowest BCUT2D eigenvalue weighted by atomic mass is 10.0. The molecule has 0 saturated carbocycles. The number of rotatable bonds is 8. The van der Waals surface area contributed by atoms with Crippen molar-refractivity contribution in [3.8, 4) is 11.5 Å². The van der Waals surface area contributed by atoms with Crippen LogP contribution in [0.1, 0.15) is 30.0 Å². The van der Waals surface area contributed by atoms with Crippen molar-refractivity contribution in [3.05, 3.63) is 66.0 Å². The highest BCUT2D eigenvalue weighted by Gasteiger charge is 2.28. The van der Waals surface area contributed by atoms with Gasteiger partial charge in [-0.2, -0.15) is 0 Å². The third-order valence-corrected chi connectivity index (χ3v) is 5.78. The number of hydrogen-bond acceptors (Lipinski definition) is 7. The minimum absolute atomic E-state index is 0.0955. The van der Waals surface area contributed by atoms with E-state index in [1.54, 1.807) is 14.2 Å². The third-order valence-electron chi connectivity index (χ3n) is 5.78. The summed E-state index contributed by atoms with van der Waals surface area (Å²) in [6, 6.07) is 15.1. The number of hydrogen-bond donors (Lipinski definition) is 1. The fourth-order valence-electron chi connectivity index (χ4n) is 4.10. The number of tetrazole rings is 1. The van der Waals surface area contributed by atoms with Crippen LogP contribution in [-0.4, -0.2) is 64.4 Å². The Bertz CT molecular complexity index is 1000.